The smallest absolute Gasteiger partial charge is 0.274 e. The molecular formula is C14H15N3O2S. The molecule has 0 saturated carbocycles. The summed E-state index contributed by atoms with van der Waals surface area (Å²) in [6.45, 7) is 1.49. The Morgan fingerprint density at radius 3 is 2.85 bits per heavy atom. The quantitative estimate of drug-likeness (QED) is 0.883. The maximum atomic E-state index is 12.2. The highest BCUT2D eigenvalue weighted by Gasteiger charge is 2.19. The number of ketones is 1. The molecule has 20 heavy (non-hydrogen) atoms. The maximum absolute atomic E-state index is 12.2. The standard InChI is InChI=1S/C14H15N3O2S/c1-8(18)9-6-11(17(2)7-9)13(19)16-14-15-10-4-3-5-12(10)20-14/h6-7H,3-5H2,1-2H3,(H,15,16,19). The molecule has 104 valence electrons. The first kappa shape index (κ1) is 13.1. The van der Waals surface area contributed by atoms with Crippen LogP contribution in [0.15, 0.2) is 12.3 Å². The second-order valence-corrected chi connectivity index (χ2v) is 6.06. The van der Waals surface area contributed by atoms with Gasteiger partial charge >= 0.3 is 0 Å². The summed E-state index contributed by atoms with van der Waals surface area (Å²) in [7, 11) is 1.75. The van der Waals surface area contributed by atoms with Crippen molar-refractivity contribution in [2.75, 3.05) is 5.32 Å². The zero-order valence-corrected chi connectivity index (χ0v) is 12.2. The van der Waals surface area contributed by atoms with Crippen LogP contribution in [0.5, 0.6) is 0 Å². The molecule has 2 aromatic rings. The van der Waals surface area contributed by atoms with Gasteiger partial charge in [-0.3, -0.25) is 14.9 Å². The molecule has 1 aliphatic carbocycles. The number of nitrogens with one attached hydrogen (secondary N) is 1. The first-order valence-electron chi connectivity index (χ1n) is 6.52. The van der Waals surface area contributed by atoms with E-state index >= 15 is 0 Å². The number of anilines is 1. The molecule has 1 aliphatic rings. The van der Waals surface area contributed by atoms with Gasteiger partial charge in [-0.05, 0) is 32.3 Å². The first-order valence-corrected chi connectivity index (χ1v) is 7.33. The average molecular weight is 289 g/mol. The van der Waals surface area contributed by atoms with Crippen LogP contribution in [0.1, 0.15) is 44.8 Å². The molecule has 5 nitrogen and oxygen atoms in total. The molecule has 0 aromatic carbocycles. The second kappa shape index (κ2) is 4.86. The fourth-order valence-electron chi connectivity index (χ4n) is 2.39. The molecule has 0 spiro atoms. The molecule has 6 heteroatoms. The molecule has 0 aliphatic heterocycles. The largest absolute Gasteiger partial charge is 0.346 e. The number of aromatic nitrogens is 2. The van der Waals surface area contributed by atoms with Gasteiger partial charge in [0.1, 0.15) is 5.69 Å². The zero-order chi connectivity index (χ0) is 14.3. The Bertz CT molecular complexity index is 678. The summed E-state index contributed by atoms with van der Waals surface area (Å²) in [5.41, 5.74) is 2.12. The summed E-state index contributed by atoms with van der Waals surface area (Å²) < 4.78 is 1.66. The number of carbonyl (C=O) groups excluding carboxylic acids is 2. The predicted molar refractivity (Wildman–Crippen MR) is 77.5 cm³/mol. The molecule has 3 rings (SSSR count). The Labute approximate surface area is 120 Å². The summed E-state index contributed by atoms with van der Waals surface area (Å²) >= 11 is 1.54. The molecule has 0 radical (unpaired) electrons. The SMILES string of the molecule is CC(=O)c1cc(C(=O)Nc2nc3c(s2)CCC3)n(C)c1. The van der Waals surface area contributed by atoms with E-state index in [9.17, 15) is 9.59 Å². The molecule has 1 N–H and O–H groups in total. The minimum atomic E-state index is -0.229. The van der Waals surface area contributed by atoms with Gasteiger partial charge in [-0.15, -0.1) is 11.3 Å². The summed E-state index contributed by atoms with van der Waals surface area (Å²) in [6, 6.07) is 1.61. The minimum absolute atomic E-state index is 0.0483. The van der Waals surface area contributed by atoms with E-state index in [1.165, 1.54) is 11.8 Å². The summed E-state index contributed by atoms with van der Waals surface area (Å²) in [5.74, 6) is -0.278. The number of thiazole rings is 1. The van der Waals surface area contributed by atoms with Gasteiger partial charge in [0.2, 0.25) is 0 Å². The van der Waals surface area contributed by atoms with Gasteiger partial charge in [-0.25, -0.2) is 4.98 Å². The average Bonchev–Trinajstić information content (AvgIpc) is 3.02. The van der Waals surface area contributed by atoms with E-state index in [1.807, 2.05) is 0 Å². The number of rotatable bonds is 3. The van der Waals surface area contributed by atoms with E-state index in [0.29, 0.717) is 16.4 Å². The minimum Gasteiger partial charge on any atom is -0.346 e. The van der Waals surface area contributed by atoms with Crippen molar-refractivity contribution in [1.82, 2.24) is 9.55 Å². The van der Waals surface area contributed by atoms with E-state index in [1.54, 1.807) is 35.2 Å². The molecule has 2 heterocycles. The summed E-state index contributed by atoms with van der Waals surface area (Å²) in [5, 5.41) is 3.46. The highest BCUT2D eigenvalue weighted by atomic mass is 32.1. The normalized spacial score (nSPS) is 13.3. The van der Waals surface area contributed by atoms with E-state index < -0.39 is 0 Å². The molecular weight excluding hydrogens is 274 g/mol. The molecule has 0 unspecified atom stereocenters. The van der Waals surface area contributed by atoms with Crippen molar-refractivity contribution in [1.29, 1.82) is 0 Å². The van der Waals surface area contributed by atoms with E-state index in [-0.39, 0.29) is 11.7 Å². The van der Waals surface area contributed by atoms with E-state index in [2.05, 4.69) is 10.3 Å². The zero-order valence-electron chi connectivity index (χ0n) is 11.4. The van der Waals surface area contributed by atoms with Gasteiger partial charge in [0, 0.05) is 23.7 Å². The van der Waals surface area contributed by atoms with Gasteiger partial charge in [0.15, 0.2) is 10.9 Å². The van der Waals surface area contributed by atoms with Gasteiger partial charge in [0.25, 0.3) is 5.91 Å². The number of nitrogens with zero attached hydrogens (tertiary/aromatic N) is 2. The second-order valence-electron chi connectivity index (χ2n) is 4.98. The topological polar surface area (TPSA) is 64.0 Å². The van der Waals surface area contributed by atoms with Crippen molar-refractivity contribution in [3.05, 3.63) is 34.1 Å². The third kappa shape index (κ3) is 2.27. The Morgan fingerprint density at radius 1 is 1.40 bits per heavy atom. The molecule has 0 atom stereocenters. The number of fused-ring (bicyclic) bond motifs is 1. The van der Waals surface area contributed by atoms with Crippen LogP contribution in [-0.4, -0.2) is 21.2 Å². The monoisotopic (exact) mass is 289 g/mol. The van der Waals surface area contributed by atoms with Crippen LogP contribution in [-0.2, 0) is 19.9 Å². The van der Waals surface area contributed by atoms with Crippen molar-refractivity contribution in [3.63, 3.8) is 0 Å². The number of amides is 1. The van der Waals surface area contributed by atoms with Gasteiger partial charge in [0.05, 0.1) is 5.69 Å². The van der Waals surface area contributed by atoms with Crippen molar-refractivity contribution >= 4 is 28.2 Å². The van der Waals surface area contributed by atoms with E-state index in [0.717, 1.165) is 25.0 Å². The number of aryl methyl sites for hydroxylation is 3. The fraction of sp³-hybridized carbons (Fsp3) is 0.357. The first-order chi connectivity index (χ1) is 9.54. The Kier molecular flexibility index (Phi) is 3.17. The number of Topliss-reactive ketones (excluding diaryl/α,β-unsaturated/α-hetero) is 1. The van der Waals surface area contributed by atoms with Crippen molar-refractivity contribution in [2.45, 2.75) is 26.2 Å². The van der Waals surface area contributed by atoms with Crippen LogP contribution in [0.25, 0.3) is 0 Å². The van der Waals surface area contributed by atoms with Crippen molar-refractivity contribution in [2.24, 2.45) is 7.05 Å². The Hall–Kier alpha value is -1.95. The fourth-order valence-corrected chi connectivity index (χ4v) is 3.43. The number of carbonyl (C=O) groups is 2. The summed E-state index contributed by atoms with van der Waals surface area (Å²) in [4.78, 5) is 29.3. The summed E-state index contributed by atoms with van der Waals surface area (Å²) in [6.07, 6.45) is 4.88. The predicted octanol–water partition coefficient (Wildman–Crippen LogP) is 2.43. The highest BCUT2D eigenvalue weighted by Crippen LogP contribution is 2.30. The maximum Gasteiger partial charge on any atom is 0.274 e. The van der Waals surface area contributed by atoms with Crippen LogP contribution in [0.2, 0.25) is 0 Å². The lowest BCUT2D eigenvalue weighted by molar-refractivity contribution is 0.101. The molecule has 0 fully saturated rings. The lowest BCUT2D eigenvalue weighted by atomic mass is 10.2. The molecule has 2 aromatic heterocycles. The number of hydrogen-bond acceptors (Lipinski definition) is 4. The lowest BCUT2D eigenvalue weighted by Crippen LogP contribution is -2.15. The van der Waals surface area contributed by atoms with Crippen LogP contribution in [0, 0.1) is 0 Å². The molecule has 1 amide bonds. The Balaban J connectivity index is 1.80. The van der Waals surface area contributed by atoms with Crippen LogP contribution in [0.4, 0.5) is 5.13 Å². The van der Waals surface area contributed by atoms with Gasteiger partial charge in [-0.1, -0.05) is 0 Å². The molecule has 0 bridgehead atoms. The van der Waals surface area contributed by atoms with Gasteiger partial charge in [-0.2, -0.15) is 0 Å². The van der Waals surface area contributed by atoms with Crippen LogP contribution in [0.3, 0.4) is 0 Å². The third-order valence-electron chi connectivity index (χ3n) is 3.46. The third-order valence-corrected chi connectivity index (χ3v) is 4.53. The van der Waals surface area contributed by atoms with Crippen molar-refractivity contribution < 1.29 is 9.59 Å². The lowest BCUT2D eigenvalue weighted by Gasteiger charge is -2.02. The molecule has 0 saturated heterocycles. The van der Waals surface area contributed by atoms with Crippen LogP contribution >= 0.6 is 11.3 Å². The number of hydrogen-bond donors (Lipinski definition) is 1. The van der Waals surface area contributed by atoms with Crippen LogP contribution < -0.4 is 5.32 Å². The Morgan fingerprint density at radius 2 is 2.20 bits per heavy atom. The van der Waals surface area contributed by atoms with Gasteiger partial charge < -0.3 is 4.57 Å². The van der Waals surface area contributed by atoms with Crippen molar-refractivity contribution in [3.8, 4) is 0 Å². The highest BCUT2D eigenvalue weighted by molar-refractivity contribution is 7.15. The van der Waals surface area contributed by atoms with E-state index in [4.69, 9.17) is 0 Å².